The second-order valence-corrected chi connectivity index (χ2v) is 6.55. The Kier molecular flexibility index (Phi) is 4.59. The molecule has 0 saturated carbocycles. The third kappa shape index (κ3) is 3.22. The minimum Gasteiger partial charge on any atom is -0.258 e. The number of hydrogen-bond acceptors (Lipinski definition) is 3. The molecule has 5 heteroatoms. The summed E-state index contributed by atoms with van der Waals surface area (Å²) >= 11 is 7.89. The van der Waals surface area contributed by atoms with E-state index >= 15 is 0 Å². The molecule has 0 heterocycles. The van der Waals surface area contributed by atoms with E-state index in [1.165, 1.54) is 11.1 Å². The number of benzene rings is 2. The Morgan fingerprint density at radius 1 is 1.05 bits per heavy atom. The molecule has 0 N–H and O–H groups in total. The Balaban J connectivity index is 2.47. The first-order valence-corrected chi connectivity index (χ1v) is 7.70. The van der Waals surface area contributed by atoms with Gasteiger partial charge in [0.2, 0.25) is 0 Å². The molecule has 0 radical (unpaired) electrons. The van der Waals surface area contributed by atoms with Crippen LogP contribution in [0.25, 0.3) is 0 Å². The van der Waals surface area contributed by atoms with E-state index < -0.39 is 4.92 Å². The van der Waals surface area contributed by atoms with E-state index in [1.807, 2.05) is 13.0 Å². The zero-order valence-corrected chi connectivity index (χ0v) is 13.9. The van der Waals surface area contributed by atoms with Gasteiger partial charge in [-0.1, -0.05) is 29.4 Å². The summed E-state index contributed by atoms with van der Waals surface area (Å²) in [6.45, 7) is 7.67. The average molecular weight is 322 g/mol. The van der Waals surface area contributed by atoms with Gasteiger partial charge in [0.25, 0.3) is 5.69 Å². The van der Waals surface area contributed by atoms with Crippen molar-refractivity contribution >= 4 is 29.1 Å². The summed E-state index contributed by atoms with van der Waals surface area (Å²) in [5, 5.41) is 11.5. The van der Waals surface area contributed by atoms with Crippen molar-refractivity contribution in [2.24, 2.45) is 0 Å². The van der Waals surface area contributed by atoms with Gasteiger partial charge in [0, 0.05) is 21.4 Å². The first-order valence-electron chi connectivity index (χ1n) is 6.50. The molecule has 0 atom stereocenters. The van der Waals surface area contributed by atoms with Crippen molar-refractivity contribution in [3.63, 3.8) is 0 Å². The summed E-state index contributed by atoms with van der Waals surface area (Å²) < 4.78 is 0. The highest BCUT2D eigenvalue weighted by atomic mass is 35.5. The molecule has 2 aromatic rings. The quantitative estimate of drug-likeness (QED) is 0.543. The normalized spacial score (nSPS) is 10.7. The van der Waals surface area contributed by atoms with Crippen molar-refractivity contribution in [3.05, 3.63) is 61.7 Å². The van der Waals surface area contributed by atoms with Crippen LogP contribution in [0.1, 0.15) is 22.3 Å². The summed E-state index contributed by atoms with van der Waals surface area (Å²) in [6.07, 6.45) is 0. The number of nitrogens with zero attached hydrogens (tertiary/aromatic N) is 1. The van der Waals surface area contributed by atoms with Crippen LogP contribution in [-0.2, 0) is 0 Å². The second-order valence-electron chi connectivity index (χ2n) is 5.09. The molecular formula is C16H16ClNO2S. The summed E-state index contributed by atoms with van der Waals surface area (Å²) in [4.78, 5) is 12.6. The van der Waals surface area contributed by atoms with E-state index in [0.717, 1.165) is 15.4 Å². The highest BCUT2D eigenvalue weighted by Gasteiger charge is 2.19. The molecule has 2 rings (SSSR count). The zero-order chi connectivity index (χ0) is 15.7. The zero-order valence-electron chi connectivity index (χ0n) is 12.4. The summed E-state index contributed by atoms with van der Waals surface area (Å²) in [7, 11) is 0. The lowest BCUT2D eigenvalue weighted by Gasteiger charge is -2.12. The predicted octanol–water partition coefficient (Wildman–Crippen LogP) is 5.63. The van der Waals surface area contributed by atoms with Crippen molar-refractivity contribution in [3.8, 4) is 0 Å². The van der Waals surface area contributed by atoms with Gasteiger partial charge in [-0.15, -0.1) is 0 Å². The Labute approximate surface area is 133 Å². The molecule has 0 bridgehead atoms. The molecule has 0 aliphatic carbocycles. The minimum absolute atomic E-state index is 0.0712. The van der Waals surface area contributed by atoms with Gasteiger partial charge < -0.3 is 0 Å². The van der Waals surface area contributed by atoms with Gasteiger partial charge >= 0.3 is 0 Å². The molecule has 3 nitrogen and oxygen atoms in total. The van der Waals surface area contributed by atoms with E-state index in [4.69, 9.17) is 11.6 Å². The lowest BCUT2D eigenvalue weighted by molar-refractivity contribution is -0.385. The van der Waals surface area contributed by atoms with Gasteiger partial charge in [-0.25, -0.2) is 0 Å². The molecule has 0 aliphatic rings. The van der Waals surface area contributed by atoms with E-state index in [2.05, 4.69) is 26.0 Å². The maximum absolute atomic E-state index is 11.0. The van der Waals surface area contributed by atoms with Crippen LogP contribution in [0.5, 0.6) is 0 Å². The molecule has 0 spiro atoms. The Hall–Kier alpha value is -1.52. The molecule has 0 fully saturated rings. The smallest absolute Gasteiger partial charge is 0.258 e. The van der Waals surface area contributed by atoms with Crippen molar-refractivity contribution in [1.29, 1.82) is 0 Å². The number of rotatable bonds is 3. The highest BCUT2D eigenvalue weighted by molar-refractivity contribution is 7.99. The number of halogens is 1. The Morgan fingerprint density at radius 2 is 1.71 bits per heavy atom. The van der Waals surface area contributed by atoms with Crippen molar-refractivity contribution in [1.82, 2.24) is 0 Å². The van der Waals surface area contributed by atoms with Crippen LogP contribution in [0.2, 0.25) is 5.02 Å². The fourth-order valence-electron chi connectivity index (χ4n) is 2.04. The van der Waals surface area contributed by atoms with Gasteiger partial charge in [0.15, 0.2) is 0 Å². The number of hydrogen-bond donors (Lipinski definition) is 0. The highest BCUT2D eigenvalue weighted by Crippen LogP contribution is 2.41. The fourth-order valence-corrected chi connectivity index (χ4v) is 3.48. The van der Waals surface area contributed by atoms with E-state index in [1.54, 1.807) is 24.8 Å². The molecule has 0 unspecified atom stereocenters. The van der Waals surface area contributed by atoms with Crippen molar-refractivity contribution in [2.45, 2.75) is 37.5 Å². The van der Waals surface area contributed by atoms with E-state index in [-0.39, 0.29) is 5.69 Å². The molecule has 2 aromatic carbocycles. The number of aryl methyl sites for hydroxylation is 3. The van der Waals surface area contributed by atoms with Crippen LogP contribution >= 0.6 is 23.4 Å². The van der Waals surface area contributed by atoms with Gasteiger partial charge in [0.05, 0.1) is 9.95 Å². The number of nitro benzene ring substituents is 1. The molecule has 0 saturated heterocycles. The van der Waals surface area contributed by atoms with Crippen LogP contribution in [0.15, 0.2) is 34.1 Å². The first kappa shape index (κ1) is 15.9. The fraction of sp³-hybridized carbons (Fsp3) is 0.250. The third-order valence-electron chi connectivity index (χ3n) is 3.52. The largest absolute Gasteiger partial charge is 0.274 e. The van der Waals surface area contributed by atoms with E-state index in [0.29, 0.717) is 10.6 Å². The average Bonchev–Trinajstić information content (AvgIpc) is 2.42. The molecule has 0 amide bonds. The standard InChI is InChI=1S/C16H16ClNO2S/c1-9-5-6-13(7-10(9)2)21-16-11(3)8-14(18(19)20)12(4)15(16)17/h5-8H,1-4H3. The maximum Gasteiger partial charge on any atom is 0.274 e. The van der Waals surface area contributed by atoms with Crippen LogP contribution in [0, 0.1) is 37.8 Å². The molecule has 0 aliphatic heterocycles. The molecular weight excluding hydrogens is 306 g/mol. The second kappa shape index (κ2) is 6.08. The third-order valence-corrected chi connectivity index (χ3v) is 5.32. The van der Waals surface area contributed by atoms with E-state index in [9.17, 15) is 10.1 Å². The lowest BCUT2D eigenvalue weighted by atomic mass is 10.1. The monoisotopic (exact) mass is 321 g/mol. The van der Waals surface area contributed by atoms with Gasteiger partial charge in [-0.2, -0.15) is 0 Å². The minimum atomic E-state index is -0.390. The molecule has 21 heavy (non-hydrogen) atoms. The summed E-state index contributed by atoms with van der Waals surface area (Å²) in [5.41, 5.74) is 3.86. The topological polar surface area (TPSA) is 43.1 Å². The van der Waals surface area contributed by atoms with Crippen LogP contribution in [-0.4, -0.2) is 4.92 Å². The SMILES string of the molecule is Cc1ccc(Sc2c(C)cc([N+](=O)[O-])c(C)c2Cl)cc1C. The maximum atomic E-state index is 11.0. The van der Waals surface area contributed by atoms with Gasteiger partial charge in [-0.05, 0) is 56.5 Å². The van der Waals surface area contributed by atoms with Gasteiger partial charge in [0.1, 0.15) is 0 Å². The summed E-state index contributed by atoms with van der Waals surface area (Å²) in [5.74, 6) is 0. The molecule has 110 valence electrons. The number of nitro groups is 1. The molecule has 0 aromatic heterocycles. The van der Waals surface area contributed by atoms with Crippen molar-refractivity contribution in [2.75, 3.05) is 0 Å². The Bertz CT molecular complexity index is 729. The van der Waals surface area contributed by atoms with Gasteiger partial charge in [-0.3, -0.25) is 10.1 Å². The predicted molar refractivity (Wildman–Crippen MR) is 87.6 cm³/mol. The van der Waals surface area contributed by atoms with Crippen molar-refractivity contribution < 1.29 is 4.92 Å². The summed E-state index contributed by atoms with van der Waals surface area (Å²) in [6, 6.07) is 7.80. The lowest BCUT2D eigenvalue weighted by Crippen LogP contribution is -1.96. The van der Waals surface area contributed by atoms with Crippen LogP contribution in [0.4, 0.5) is 5.69 Å². The van der Waals surface area contributed by atoms with Crippen LogP contribution < -0.4 is 0 Å². The van der Waals surface area contributed by atoms with Crippen LogP contribution in [0.3, 0.4) is 0 Å². The first-order chi connectivity index (χ1) is 9.81. The Morgan fingerprint density at radius 3 is 2.29 bits per heavy atom.